The quantitative estimate of drug-likeness (QED) is 0.403. The van der Waals surface area contributed by atoms with E-state index in [0.29, 0.717) is 18.3 Å². The highest BCUT2D eigenvalue weighted by molar-refractivity contribution is 7.99. The van der Waals surface area contributed by atoms with Crippen LogP contribution >= 0.6 is 11.8 Å². The summed E-state index contributed by atoms with van der Waals surface area (Å²) in [5.41, 5.74) is 3.83. The number of aliphatic carboxylic acids is 1. The molecule has 2 aliphatic rings. The Morgan fingerprint density at radius 3 is 2.66 bits per heavy atom. The van der Waals surface area contributed by atoms with Gasteiger partial charge in [0.25, 0.3) is 0 Å². The van der Waals surface area contributed by atoms with Crippen molar-refractivity contribution in [1.29, 1.82) is 0 Å². The summed E-state index contributed by atoms with van der Waals surface area (Å²) in [6, 6.07) is 19.3. The first-order chi connectivity index (χ1) is 15.6. The van der Waals surface area contributed by atoms with Gasteiger partial charge < -0.3 is 14.6 Å². The molecular weight excluding hydrogens is 420 g/mol. The van der Waals surface area contributed by atoms with E-state index in [1.54, 1.807) is 0 Å². The average Bonchev–Trinajstić information content (AvgIpc) is 3.58. The number of hydrogen-bond acceptors (Lipinski definition) is 4. The predicted octanol–water partition coefficient (Wildman–Crippen LogP) is 6.39. The molecule has 1 N–H and O–H groups in total. The van der Waals surface area contributed by atoms with Crippen molar-refractivity contribution in [2.75, 3.05) is 12.4 Å². The van der Waals surface area contributed by atoms with E-state index >= 15 is 0 Å². The Morgan fingerprint density at radius 1 is 1.12 bits per heavy atom. The van der Waals surface area contributed by atoms with Crippen molar-refractivity contribution in [3.63, 3.8) is 0 Å². The van der Waals surface area contributed by atoms with Gasteiger partial charge in [-0.1, -0.05) is 54.6 Å². The van der Waals surface area contributed by atoms with Gasteiger partial charge >= 0.3 is 5.97 Å². The van der Waals surface area contributed by atoms with Crippen molar-refractivity contribution in [1.82, 2.24) is 0 Å². The van der Waals surface area contributed by atoms with Crippen LogP contribution in [0.2, 0.25) is 0 Å². The van der Waals surface area contributed by atoms with Crippen LogP contribution in [-0.2, 0) is 27.3 Å². The van der Waals surface area contributed by atoms with E-state index in [9.17, 15) is 9.90 Å². The number of benzene rings is 2. The Balaban J connectivity index is 1.41. The Bertz CT molecular complexity index is 859. The number of carboxylic acids is 1. The minimum atomic E-state index is -0.673. The highest BCUT2D eigenvalue weighted by Gasteiger charge is 2.44. The summed E-state index contributed by atoms with van der Waals surface area (Å²) in [5, 5.41) is 9.63. The molecule has 0 amide bonds. The third kappa shape index (κ3) is 7.09. The van der Waals surface area contributed by atoms with E-state index in [0.717, 1.165) is 50.9 Å². The van der Waals surface area contributed by atoms with Gasteiger partial charge in [-0.05, 0) is 67.1 Å². The predicted molar refractivity (Wildman–Crippen MR) is 129 cm³/mol. The fraction of sp³-hybridized carbons (Fsp3) is 0.519. The molecule has 0 radical (unpaired) electrons. The van der Waals surface area contributed by atoms with Gasteiger partial charge in [0.15, 0.2) is 6.29 Å². The van der Waals surface area contributed by atoms with Crippen LogP contribution in [-0.4, -0.2) is 29.7 Å². The molecule has 5 heteroatoms. The monoisotopic (exact) mass is 454 g/mol. The van der Waals surface area contributed by atoms with Crippen molar-refractivity contribution >= 4 is 17.7 Å². The molecule has 1 unspecified atom stereocenters. The number of carboxylic acid groups (broad SMARTS) is 1. The van der Waals surface area contributed by atoms with Crippen LogP contribution in [0.3, 0.4) is 0 Å². The van der Waals surface area contributed by atoms with Gasteiger partial charge in [-0.3, -0.25) is 4.79 Å². The minimum absolute atomic E-state index is 0.000535. The van der Waals surface area contributed by atoms with Crippen LogP contribution in [0.4, 0.5) is 0 Å². The number of aryl methyl sites for hydroxylation is 1. The van der Waals surface area contributed by atoms with Crippen LogP contribution in [0.1, 0.15) is 66.9 Å². The van der Waals surface area contributed by atoms with Gasteiger partial charge in [0.05, 0.1) is 13.0 Å². The molecule has 4 nitrogen and oxygen atoms in total. The fourth-order valence-corrected chi connectivity index (χ4v) is 5.92. The molecule has 0 bridgehead atoms. The van der Waals surface area contributed by atoms with Gasteiger partial charge in [0.1, 0.15) is 0 Å². The summed E-state index contributed by atoms with van der Waals surface area (Å²) in [7, 11) is 0. The topological polar surface area (TPSA) is 55.8 Å². The van der Waals surface area contributed by atoms with Crippen molar-refractivity contribution in [2.45, 2.75) is 69.5 Å². The van der Waals surface area contributed by atoms with Crippen molar-refractivity contribution in [3.05, 3.63) is 71.3 Å². The third-order valence-corrected chi connectivity index (χ3v) is 8.20. The lowest BCUT2D eigenvalue weighted by Gasteiger charge is -2.23. The zero-order valence-electron chi connectivity index (χ0n) is 18.7. The molecule has 1 aliphatic carbocycles. The molecule has 2 fully saturated rings. The van der Waals surface area contributed by atoms with Crippen LogP contribution in [0.25, 0.3) is 0 Å². The van der Waals surface area contributed by atoms with Crippen LogP contribution < -0.4 is 0 Å². The number of ether oxygens (including phenoxy) is 2. The summed E-state index contributed by atoms with van der Waals surface area (Å²) in [4.78, 5) is 11.3. The zero-order valence-corrected chi connectivity index (χ0v) is 19.5. The zero-order chi connectivity index (χ0) is 22.2. The first kappa shape index (κ1) is 23.3. The maximum Gasteiger partial charge on any atom is 0.303 e. The van der Waals surface area contributed by atoms with E-state index in [4.69, 9.17) is 9.47 Å². The maximum atomic E-state index is 11.3. The van der Waals surface area contributed by atoms with Gasteiger partial charge in [-0.2, -0.15) is 11.8 Å². The number of hydrogen-bond donors (Lipinski definition) is 1. The highest BCUT2D eigenvalue weighted by Crippen LogP contribution is 2.53. The maximum absolute atomic E-state index is 11.3. The molecule has 2 atom stereocenters. The normalized spacial score (nSPS) is 20.6. The Kier molecular flexibility index (Phi) is 8.28. The Morgan fingerprint density at radius 2 is 1.94 bits per heavy atom. The molecule has 1 heterocycles. The molecule has 4 rings (SSSR count). The molecule has 1 saturated carbocycles. The SMILES string of the molecule is O=C(O)CC1(CS[C@H](CCc2ccccc2)c2cccc(COC3CCCCO3)c2)CC1. The first-order valence-electron chi connectivity index (χ1n) is 11.8. The lowest BCUT2D eigenvalue weighted by molar-refractivity contribution is -0.168. The summed E-state index contributed by atoms with van der Waals surface area (Å²) >= 11 is 1.93. The van der Waals surface area contributed by atoms with E-state index in [2.05, 4.69) is 54.6 Å². The van der Waals surface area contributed by atoms with E-state index < -0.39 is 5.97 Å². The first-order valence-corrected chi connectivity index (χ1v) is 12.9. The smallest absolute Gasteiger partial charge is 0.303 e. The average molecular weight is 455 g/mol. The molecule has 2 aromatic rings. The largest absolute Gasteiger partial charge is 0.481 e. The number of rotatable bonds is 12. The molecule has 0 spiro atoms. The highest BCUT2D eigenvalue weighted by atomic mass is 32.2. The lowest BCUT2D eigenvalue weighted by atomic mass is 10.0. The molecule has 1 aliphatic heterocycles. The third-order valence-electron chi connectivity index (χ3n) is 6.51. The molecule has 2 aromatic carbocycles. The Hall–Kier alpha value is -1.82. The lowest BCUT2D eigenvalue weighted by Crippen LogP contribution is -2.22. The Labute approximate surface area is 195 Å². The van der Waals surface area contributed by atoms with E-state index in [1.165, 1.54) is 23.1 Å². The van der Waals surface area contributed by atoms with E-state index in [-0.39, 0.29) is 11.7 Å². The van der Waals surface area contributed by atoms with Crippen LogP contribution in [0.5, 0.6) is 0 Å². The van der Waals surface area contributed by atoms with Crippen LogP contribution in [0, 0.1) is 5.41 Å². The van der Waals surface area contributed by atoms with Crippen molar-refractivity contribution in [2.24, 2.45) is 5.41 Å². The molecule has 0 aromatic heterocycles. The van der Waals surface area contributed by atoms with Gasteiger partial charge in [-0.15, -0.1) is 0 Å². The molecule has 1 saturated heterocycles. The van der Waals surface area contributed by atoms with E-state index in [1.807, 2.05) is 11.8 Å². The van der Waals surface area contributed by atoms with Crippen molar-refractivity contribution in [3.8, 4) is 0 Å². The van der Waals surface area contributed by atoms with Gasteiger partial charge in [0, 0.05) is 17.6 Å². The summed E-state index contributed by atoms with van der Waals surface area (Å²) in [6.45, 7) is 1.36. The number of carbonyl (C=O) groups is 1. The van der Waals surface area contributed by atoms with Gasteiger partial charge in [0.2, 0.25) is 0 Å². The fourth-order valence-electron chi connectivity index (χ4n) is 4.35. The second-order valence-electron chi connectivity index (χ2n) is 9.25. The molecule has 172 valence electrons. The summed E-state index contributed by atoms with van der Waals surface area (Å²) in [5.74, 6) is 0.239. The van der Waals surface area contributed by atoms with Crippen LogP contribution in [0.15, 0.2) is 54.6 Å². The summed E-state index contributed by atoms with van der Waals surface area (Å²) < 4.78 is 11.7. The standard InChI is InChI=1S/C27H34O4S/c28-25(29)18-27(14-15-27)20-32-24(13-12-21-7-2-1-3-8-21)23-10-6-9-22(17-23)19-31-26-11-4-5-16-30-26/h1-3,6-10,17,24,26H,4-5,11-16,18-20H2,(H,28,29)/t24-,26?/m1/s1. The minimum Gasteiger partial charge on any atom is -0.481 e. The summed E-state index contributed by atoms with van der Waals surface area (Å²) in [6.07, 6.45) is 7.60. The number of thioether (sulfide) groups is 1. The second-order valence-corrected chi connectivity index (χ2v) is 10.4. The van der Waals surface area contributed by atoms with Crippen molar-refractivity contribution < 1.29 is 19.4 Å². The molecule has 32 heavy (non-hydrogen) atoms. The molecular formula is C27H34O4S. The van der Waals surface area contributed by atoms with Gasteiger partial charge in [-0.25, -0.2) is 0 Å². The second kappa shape index (κ2) is 11.4.